The number of nitrogens with one attached hydrogen (secondary N) is 2. The Morgan fingerprint density at radius 1 is 1.35 bits per heavy atom. The van der Waals surface area contributed by atoms with E-state index in [0.717, 1.165) is 0 Å². The van der Waals surface area contributed by atoms with E-state index in [-0.39, 0.29) is 11.8 Å². The van der Waals surface area contributed by atoms with Gasteiger partial charge in [0.25, 0.3) is 5.91 Å². The molecule has 0 aromatic heterocycles. The van der Waals surface area contributed by atoms with Crippen molar-refractivity contribution in [2.24, 2.45) is 5.73 Å². The van der Waals surface area contributed by atoms with Crippen LogP contribution in [0, 0.1) is 5.82 Å². The number of amides is 3. The monoisotopic (exact) mass is 283 g/mol. The summed E-state index contributed by atoms with van der Waals surface area (Å²) in [5.41, 5.74) is 5.32. The highest BCUT2D eigenvalue weighted by atomic mass is 19.1. The number of rotatable bonds is 5. The van der Waals surface area contributed by atoms with Crippen molar-refractivity contribution >= 4 is 11.9 Å². The summed E-state index contributed by atoms with van der Waals surface area (Å²) in [7, 11) is 1.73. The van der Waals surface area contributed by atoms with Gasteiger partial charge >= 0.3 is 6.03 Å². The van der Waals surface area contributed by atoms with Gasteiger partial charge in [-0.1, -0.05) is 6.07 Å². The summed E-state index contributed by atoms with van der Waals surface area (Å²) in [4.78, 5) is 22.0. The first-order valence-corrected chi connectivity index (χ1v) is 6.08. The molecule has 0 heterocycles. The molecule has 7 heteroatoms. The van der Waals surface area contributed by atoms with E-state index in [1.165, 1.54) is 13.0 Å². The van der Waals surface area contributed by atoms with Gasteiger partial charge in [-0.15, -0.1) is 0 Å². The maximum Gasteiger partial charge on any atom is 0.318 e. The summed E-state index contributed by atoms with van der Waals surface area (Å²) < 4.78 is 19.1. The molecule has 110 valence electrons. The van der Waals surface area contributed by atoms with Crippen LogP contribution in [0.2, 0.25) is 0 Å². The Kier molecular flexibility index (Phi) is 5.45. The van der Waals surface area contributed by atoms with Gasteiger partial charge in [0, 0.05) is 17.7 Å². The molecular formula is C13H18FN3O3. The average Bonchev–Trinajstić information content (AvgIpc) is 2.37. The largest absolute Gasteiger partial charge is 0.481 e. The molecule has 0 aliphatic heterocycles. The van der Waals surface area contributed by atoms with Gasteiger partial charge in [-0.25, -0.2) is 9.18 Å². The van der Waals surface area contributed by atoms with E-state index >= 15 is 0 Å². The SMILES string of the molecule is CNC(C)c1ccc(OC(C)C(=O)NC(N)=O)cc1F. The van der Waals surface area contributed by atoms with Crippen LogP contribution in [0.3, 0.4) is 0 Å². The number of urea groups is 1. The first-order chi connectivity index (χ1) is 9.35. The maximum atomic E-state index is 13.9. The molecule has 0 aliphatic carbocycles. The molecule has 0 spiro atoms. The van der Waals surface area contributed by atoms with Gasteiger partial charge in [-0.2, -0.15) is 0 Å². The van der Waals surface area contributed by atoms with Gasteiger partial charge in [-0.05, 0) is 27.0 Å². The van der Waals surface area contributed by atoms with E-state index in [0.29, 0.717) is 5.56 Å². The van der Waals surface area contributed by atoms with E-state index in [2.05, 4.69) is 5.32 Å². The molecule has 1 aromatic rings. The van der Waals surface area contributed by atoms with Crippen LogP contribution in [0.1, 0.15) is 25.5 Å². The lowest BCUT2D eigenvalue weighted by atomic mass is 10.1. The Morgan fingerprint density at radius 2 is 2.00 bits per heavy atom. The molecule has 0 bridgehead atoms. The second-order valence-corrected chi connectivity index (χ2v) is 4.31. The third-order valence-corrected chi connectivity index (χ3v) is 2.80. The van der Waals surface area contributed by atoms with Gasteiger partial charge in [-0.3, -0.25) is 10.1 Å². The Labute approximate surface area is 116 Å². The highest BCUT2D eigenvalue weighted by Crippen LogP contribution is 2.22. The molecule has 1 aromatic carbocycles. The first-order valence-electron chi connectivity index (χ1n) is 6.08. The summed E-state index contributed by atoms with van der Waals surface area (Å²) in [6.07, 6.45) is -0.963. The number of primary amides is 1. The van der Waals surface area contributed by atoms with Gasteiger partial charge < -0.3 is 15.8 Å². The normalized spacial score (nSPS) is 13.4. The second-order valence-electron chi connectivity index (χ2n) is 4.31. The standard InChI is InChI=1S/C13H18FN3O3/c1-7(16-3)10-5-4-9(6-11(10)14)20-8(2)12(18)17-13(15)19/h4-8,16H,1-3H3,(H3,15,17,18,19). The van der Waals surface area contributed by atoms with Gasteiger partial charge in [0.2, 0.25) is 0 Å². The first kappa shape index (κ1) is 15.9. The number of carbonyl (C=O) groups is 2. The minimum atomic E-state index is -0.963. The minimum absolute atomic E-state index is 0.139. The molecule has 0 fully saturated rings. The fraction of sp³-hybridized carbons (Fsp3) is 0.385. The molecule has 0 radical (unpaired) electrons. The van der Waals surface area contributed by atoms with Crippen molar-refractivity contribution in [3.8, 4) is 5.75 Å². The predicted molar refractivity (Wildman–Crippen MR) is 71.7 cm³/mol. The lowest BCUT2D eigenvalue weighted by molar-refractivity contribution is -0.126. The number of hydrogen-bond acceptors (Lipinski definition) is 4. The van der Waals surface area contributed by atoms with Crippen molar-refractivity contribution in [1.29, 1.82) is 0 Å². The van der Waals surface area contributed by atoms with E-state index in [1.54, 1.807) is 19.2 Å². The summed E-state index contributed by atoms with van der Waals surface area (Å²) in [5, 5.41) is 4.81. The highest BCUT2D eigenvalue weighted by molar-refractivity contribution is 5.95. The molecular weight excluding hydrogens is 265 g/mol. The predicted octanol–water partition coefficient (Wildman–Crippen LogP) is 1.07. The lowest BCUT2D eigenvalue weighted by Crippen LogP contribution is -2.42. The summed E-state index contributed by atoms with van der Waals surface area (Å²) in [5.74, 6) is -0.931. The molecule has 0 aliphatic rings. The molecule has 3 amide bonds. The molecule has 6 nitrogen and oxygen atoms in total. The summed E-state index contributed by atoms with van der Waals surface area (Å²) >= 11 is 0. The van der Waals surface area contributed by atoms with Crippen LogP contribution in [0.15, 0.2) is 18.2 Å². The summed E-state index contributed by atoms with van der Waals surface area (Å²) in [6.45, 7) is 3.25. The third kappa shape index (κ3) is 4.20. The molecule has 0 saturated heterocycles. The zero-order chi connectivity index (χ0) is 15.3. The van der Waals surface area contributed by atoms with Crippen LogP contribution in [0.4, 0.5) is 9.18 Å². The molecule has 2 unspecified atom stereocenters. The smallest absolute Gasteiger partial charge is 0.318 e. The number of benzene rings is 1. The number of nitrogens with two attached hydrogens (primary N) is 1. The topological polar surface area (TPSA) is 93.4 Å². The Hall–Kier alpha value is -2.15. The van der Waals surface area contributed by atoms with Crippen molar-refractivity contribution in [3.05, 3.63) is 29.6 Å². The van der Waals surface area contributed by atoms with Crippen molar-refractivity contribution in [2.75, 3.05) is 7.05 Å². The van der Waals surface area contributed by atoms with Crippen molar-refractivity contribution in [3.63, 3.8) is 0 Å². The van der Waals surface area contributed by atoms with Crippen LogP contribution in [-0.2, 0) is 4.79 Å². The molecule has 20 heavy (non-hydrogen) atoms. The number of imide groups is 1. The van der Waals surface area contributed by atoms with E-state index in [1.807, 2.05) is 12.2 Å². The van der Waals surface area contributed by atoms with Gasteiger partial charge in [0.1, 0.15) is 11.6 Å². The van der Waals surface area contributed by atoms with Crippen LogP contribution in [-0.4, -0.2) is 25.1 Å². The molecule has 0 saturated carbocycles. The average molecular weight is 283 g/mol. The second kappa shape index (κ2) is 6.85. The number of hydrogen-bond donors (Lipinski definition) is 3. The zero-order valence-electron chi connectivity index (χ0n) is 11.6. The lowest BCUT2D eigenvalue weighted by Gasteiger charge is -2.16. The fourth-order valence-electron chi connectivity index (χ4n) is 1.57. The van der Waals surface area contributed by atoms with Crippen LogP contribution in [0.25, 0.3) is 0 Å². The third-order valence-electron chi connectivity index (χ3n) is 2.80. The highest BCUT2D eigenvalue weighted by Gasteiger charge is 2.17. The minimum Gasteiger partial charge on any atom is -0.481 e. The van der Waals surface area contributed by atoms with Crippen molar-refractivity contribution in [2.45, 2.75) is 26.0 Å². The van der Waals surface area contributed by atoms with E-state index in [9.17, 15) is 14.0 Å². The summed E-state index contributed by atoms with van der Waals surface area (Å²) in [6, 6.07) is 3.22. The quantitative estimate of drug-likeness (QED) is 0.753. The van der Waals surface area contributed by atoms with Gasteiger partial charge in [0.15, 0.2) is 6.10 Å². The number of carbonyl (C=O) groups excluding carboxylic acids is 2. The van der Waals surface area contributed by atoms with Crippen molar-refractivity contribution < 1.29 is 18.7 Å². The van der Waals surface area contributed by atoms with Crippen LogP contribution >= 0.6 is 0 Å². The van der Waals surface area contributed by atoms with Crippen LogP contribution in [0.5, 0.6) is 5.75 Å². The van der Waals surface area contributed by atoms with Crippen LogP contribution < -0.4 is 21.1 Å². The van der Waals surface area contributed by atoms with E-state index < -0.39 is 23.9 Å². The zero-order valence-corrected chi connectivity index (χ0v) is 11.6. The Balaban J connectivity index is 2.76. The number of ether oxygens (including phenoxy) is 1. The molecule has 2 atom stereocenters. The van der Waals surface area contributed by atoms with Crippen molar-refractivity contribution in [1.82, 2.24) is 10.6 Å². The molecule has 4 N–H and O–H groups in total. The maximum absolute atomic E-state index is 13.9. The molecule has 1 rings (SSSR count). The fourth-order valence-corrected chi connectivity index (χ4v) is 1.57. The van der Waals surface area contributed by atoms with Gasteiger partial charge in [0.05, 0.1) is 0 Å². The number of halogens is 1. The van der Waals surface area contributed by atoms with E-state index in [4.69, 9.17) is 10.5 Å². The Bertz CT molecular complexity index is 508. The Morgan fingerprint density at radius 3 is 2.50 bits per heavy atom.